The number of halogens is 1. The SMILES string of the molecule is O=C(/C=C/c1ccc([N+](=O)[O-])o1)NCc1ccc(-c2ccc(Cl)cc2)o1. The number of hydrogen-bond donors (Lipinski definition) is 1. The molecule has 0 unspecified atom stereocenters. The van der Waals surface area contributed by atoms with Gasteiger partial charge in [0.1, 0.15) is 22.2 Å². The van der Waals surface area contributed by atoms with Crippen molar-refractivity contribution in [2.45, 2.75) is 6.54 Å². The molecular formula is C18H13ClN2O5. The van der Waals surface area contributed by atoms with Gasteiger partial charge >= 0.3 is 5.88 Å². The molecule has 0 saturated heterocycles. The fraction of sp³-hybridized carbons (Fsp3) is 0.0556. The lowest BCUT2D eigenvalue weighted by atomic mass is 10.2. The second-order valence-corrected chi connectivity index (χ2v) is 5.69. The highest BCUT2D eigenvalue weighted by atomic mass is 35.5. The van der Waals surface area contributed by atoms with Gasteiger partial charge in [-0.2, -0.15) is 0 Å². The summed E-state index contributed by atoms with van der Waals surface area (Å²) in [5.74, 6) is 0.716. The Labute approximate surface area is 153 Å². The van der Waals surface area contributed by atoms with Crippen LogP contribution in [0.3, 0.4) is 0 Å². The molecule has 0 saturated carbocycles. The minimum absolute atomic E-state index is 0.203. The molecule has 2 aromatic heterocycles. The Bertz CT molecular complexity index is 956. The topological polar surface area (TPSA) is 98.5 Å². The van der Waals surface area contributed by atoms with Crippen LogP contribution in [0.2, 0.25) is 5.02 Å². The Morgan fingerprint density at radius 1 is 1.12 bits per heavy atom. The Morgan fingerprint density at radius 2 is 1.88 bits per heavy atom. The minimum atomic E-state index is -0.646. The number of nitro groups is 1. The number of amides is 1. The normalized spacial score (nSPS) is 11.0. The van der Waals surface area contributed by atoms with Crippen molar-refractivity contribution in [2.24, 2.45) is 0 Å². The smallest absolute Gasteiger partial charge is 0.433 e. The van der Waals surface area contributed by atoms with E-state index in [9.17, 15) is 14.9 Å². The van der Waals surface area contributed by atoms with E-state index in [1.165, 1.54) is 24.3 Å². The third kappa shape index (κ3) is 4.40. The largest absolute Gasteiger partial charge is 0.459 e. The first kappa shape index (κ1) is 17.5. The molecule has 0 atom stereocenters. The summed E-state index contributed by atoms with van der Waals surface area (Å²) < 4.78 is 10.6. The summed E-state index contributed by atoms with van der Waals surface area (Å²) >= 11 is 5.86. The van der Waals surface area contributed by atoms with Gasteiger partial charge in [-0.1, -0.05) is 11.6 Å². The van der Waals surface area contributed by atoms with Gasteiger partial charge in [0.2, 0.25) is 5.91 Å². The summed E-state index contributed by atoms with van der Waals surface area (Å²) in [7, 11) is 0. The second-order valence-electron chi connectivity index (χ2n) is 5.26. The zero-order valence-corrected chi connectivity index (χ0v) is 14.1. The van der Waals surface area contributed by atoms with Crippen LogP contribution in [0.5, 0.6) is 0 Å². The van der Waals surface area contributed by atoms with Gasteiger partial charge in [0.05, 0.1) is 12.6 Å². The van der Waals surface area contributed by atoms with Crippen LogP contribution >= 0.6 is 11.6 Å². The average Bonchev–Trinajstić information content (AvgIpc) is 3.28. The summed E-state index contributed by atoms with van der Waals surface area (Å²) in [5.41, 5.74) is 0.881. The first-order chi connectivity index (χ1) is 12.5. The predicted molar refractivity (Wildman–Crippen MR) is 95.4 cm³/mol. The van der Waals surface area contributed by atoms with Crippen LogP contribution in [0.15, 0.2) is 63.4 Å². The van der Waals surface area contributed by atoms with Gasteiger partial charge in [-0.05, 0) is 48.5 Å². The maximum atomic E-state index is 11.8. The molecule has 1 amide bonds. The maximum absolute atomic E-state index is 11.8. The number of rotatable bonds is 6. The molecule has 26 heavy (non-hydrogen) atoms. The number of carbonyl (C=O) groups is 1. The van der Waals surface area contributed by atoms with Gasteiger partial charge < -0.3 is 14.2 Å². The quantitative estimate of drug-likeness (QED) is 0.392. The van der Waals surface area contributed by atoms with E-state index in [0.29, 0.717) is 16.5 Å². The number of furan rings is 2. The van der Waals surface area contributed by atoms with E-state index in [-0.39, 0.29) is 24.1 Å². The molecule has 132 valence electrons. The highest BCUT2D eigenvalue weighted by Crippen LogP contribution is 2.23. The van der Waals surface area contributed by atoms with Crippen molar-refractivity contribution in [2.75, 3.05) is 0 Å². The Hall–Kier alpha value is -3.32. The molecule has 7 nitrogen and oxygen atoms in total. The first-order valence-electron chi connectivity index (χ1n) is 7.56. The monoisotopic (exact) mass is 372 g/mol. The van der Waals surface area contributed by atoms with Crippen molar-refractivity contribution in [1.82, 2.24) is 5.32 Å². The molecule has 0 aliphatic rings. The lowest BCUT2D eigenvalue weighted by Gasteiger charge is -2.00. The van der Waals surface area contributed by atoms with Crippen molar-refractivity contribution in [3.05, 3.63) is 81.3 Å². The lowest BCUT2D eigenvalue weighted by Crippen LogP contribution is -2.19. The van der Waals surface area contributed by atoms with Crippen LogP contribution in [-0.2, 0) is 11.3 Å². The van der Waals surface area contributed by atoms with Crippen LogP contribution in [-0.4, -0.2) is 10.8 Å². The van der Waals surface area contributed by atoms with E-state index in [1.54, 1.807) is 18.2 Å². The van der Waals surface area contributed by atoms with Crippen LogP contribution in [0.1, 0.15) is 11.5 Å². The van der Waals surface area contributed by atoms with Gasteiger partial charge in [-0.15, -0.1) is 0 Å². The van der Waals surface area contributed by atoms with Gasteiger partial charge in [-0.3, -0.25) is 14.9 Å². The molecule has 0 spiro atoms. The molecule has 3 rings (SSSR count). The van der Waals surface area contributed by atoms with Crippen molar-refractivity contribution in [3.63, 3.8) is 0 Å². The highest BCUT2D eigenvalue weighted by Gasteiger charge is 2.10. The van der Waals surface area contributed by atoms with Gasteiger partial charge in [0, 0.05) is 16.7 Å². The summed E-state index contributed by atoms with van der Waals surface area (Å²) in [4.78, 5) is 21.7. The third-order valence-corrected chi connectivity index (χ3v) is 3.67. The molecule has 0 bridgehead atoms. The Kier molecular flexibility index (Phi) is 5.19. The molecule has 1 aromatic carbocycles. The molecule has 8 heteroatoms. The van der Waals surface area contributed by atoms with E-state index in [4.69, 9.17) is 20.4 Å². The number of benzene rings is 1. The fourth-order valence-corrected chi connectivity index (χ4v) is 2.29. The van der Waals surface area contributed by atoms with Crippen LogP contribution < -0.4 is 5.32 Å². The minimum Gasteiger partial charge on any atom is -0.459 e. The summed E-state index contributed by atoms with van der Waals surface area (Å²) in [6.07, 6.45) is 2.58. The lowest BCUT2D eigenvalue weighted by molar-refractivity contribution is -0.402. The maximum Gasteiger partial charge on any atom is 0.433 e. The van der Waals surface area contributed by atoms with Crippen LogP contribution in [0, 0.1) is 10.1 Å². The standard InChI is InChI=1S/C18H13ClN2O5/c19-13-3-1-12(2-4-13)16-8-5-15(25-16)11-20-17(22)9-6-14-7-10-18(26-14)21(23)24/h1-10H,11H2,(H,20,22)/b9-6+. The number of hydrogen-bond acceptors (Lipinski definition) is 5. The second kappa shape index (κ2) is 7.71. The molecule has 0 fully saturated rings. The molecule has 0 aliphatic heterocycles. The van der Waals surface area contributed by atoms with Crippen molar-refractivity contribution >= 4 is 29.5 Å². The van der Waals surface area contributed by atoms with E-state index in [0.717, 1.165) is 5.56 Å². The highest BCUT2D eigenvalue weighted by molar-refractivity contribution is 6.30. The fourth-order valence-electron chi connectivity index (χ4n) is 2.16. The summed E-state index contributed by atoms with van der Waals surface area (Å²) in [5, 5.41) is 13.8. The molecule has 0 aliphatic carbocycles. The zero-order chi connectivity index (χ0) is 18.5. The molecule has 1 N–H and O–H groups in total. The first-order valence-corrected chi connectivity index (χ1v) is 7.94. The van der Waals surface area contributed by atoms with Crippen molar-refractivity contribution in [1.29, 1.82) is 0 Å². The van der Waals surface area contributed by atoms with Gasteiger partial charge in [0.15, 0.2) is 0 Å². The molecule has 0 radical (unpaired) electrons. The van der Waals surface area contributed by atoms with Gasteiger partial charge in [0.25, 0.3) is 0 Å². The number of nitrogens with zero attached hydrogens (tertiary/aromatic N) is 1. The van der Waals surface area contributed by atoms with Crippen molar-refractivity contribution in [3.8, 4) is 11.3 Å². The Morgan fingerprint density at radius 3 is 2.58 bits per heavy atom. The number of carbonyl (C=O) groups excluding carboxylic acids is 1. The molecular weight excluding hydrogens is 360 g/mol. The predicted octanol–water partition coefficient (Wildman–Crippen LogP) is 4.43. The summed E-state index contributed by atoms with van der Waals surface area (Å²) in [6.45, 7) is 0.203. The van der Waals surface area contributed by atoms with Crippen LogP contribution in [0.4, 0.5) is 5.88 Å². The third-order valence-electron chi connectivity index (χ3n) is 3.42. The van der Waals surface area contributed by atoms with Gasteiger partial charge in [-0.25, -0.2) is 0 Å². The van der Waals surface area contributed by atoms with Crippen LogP contribution in [0.25, 0.3) is 17.4 Å². The zero-order valence-electron chi connectivity index (χ0n) is 13.3. The molecule has 2 heterocycles. The molecule has 3 aromatic rings. The van der Waals surface area contributed by atoms with E-state index < -0.39 is 4.92 Å². The number of nitrogens with one attached hydrogen (secondary N) is 1. The Balaban J connectivity index is 1.55. The van der Waals surface area contributed by atoms with E-state index in [2.05, 4.69) is 5.32 Å². The van der Waals surface area contributed by atoms with Crippen molar-refractivity contribution < 1.29 is 18.6 Å². The summed E-state index contributed by atoms with van der Waals surface area (Å²) in [6, 6.07) is 13.4. The van der Waals surface area contributed by atoms with E-state index in [1.807, 2.05) is 18.2 Å². The average molecular weight is 373 g/mol. The van der Waals surface area contributed by atoms with E-state index >= 15 is 0 Å².